The van der Waals surface area contributed by atoms with Gasteiger partial charge in [0.2, 0.25) is 6.54 Å². The van der Waals surface area contributed by atoms with E-state index in [2.05, 4.69) is 10.3 Å². The standard InChI is InChI=1S/C10H12N4O2/c1-2-8(7-13(15)16)14-10-6-4-3-5-9(10)11-12-14/h3-6,8H,2,7H2,1H3/t8-/m1/s1. The van der Waals surface area contributed by atoms with E-state index in [1.54, 1.807) is 4.68 Å². The Bertz CT molecular complexity index is 508. The molecule has 0 bridgehead atoms. The van der Waals surface area contributed by atoms with Gasteiger partial charge in [0.1, 0.15) is 11.6 Å². The van der Waals surface area contributed by atoms with Gasteiger partial charge in [-0.1, -0.05) is 24.3 Å². The second-order valence-electron chi connectivity index (χ2n) is 3.60. The topological polar surface area (TPSA) is 73.8 Å². The summed E-state index contributed by atoms with van der Waals surface area (Å²) in [7, 11) is 0. The van der Waals surface area contributed by atoms with Crippen LogP contribution in [-0.4, -0.2) is 26.5 Å². The van der Waals surface area contributed by atoms with Gasteiger partial charge in [0, 0.05) is 4.92 Å². The van der Waals surface area contributed by atoms with Crippen molar-refractivity contribution in [2.24, 2.45) is 0 Å². The molecule has 0 fully saturated rings. The van der Waals surface area contributed by atoms with Crippen LogP contribution in [0.5, 0.6) is 0 Å². The molecule has 1 aromatic heterocycles. The van der Waals surface area contributed by atoms with Crippen LogP contribution in [0.15, 0.2) is 24.3 Å². The minimum atomic E-state index is -0.315. The molecule has 84 valence electrons. The Labute approximate surface area is 92.0 Å². The average Bonchev–Trinajstić information content (AvgIpc) is 2.69. The summed E-state index contributed by atoms with van der Waals surface area (Å²) >= 11 is 0. The van der Waals surface area contributed by atoms with Crippen molar-refractivity contribution < 1.29 is 4.92 Å². The van der Waals surface area contributed by atoms with Crippen molar-refractivity contribution in [3.8, 4) is 0 Å². The predicted molar refractivity (Wildman–Crippen MR) is 58.7 cm³/mol. The molecule has 1 atom stereocenters. The predicted octanol–water partition coefficient (Wildman–Crippen LogP) is 1.66. The molecular formula is C10H12N4O2. The maximum absolute atomic E-state index is 10.5. The first kappa shape index (κ1) is 10.5. The van der Waals surface area contributed by atoms with Crippen LogP contribution in [0.1, 0.15) is 19.4 Å². The van der Waals surface area contributed by atoms with Crippen LogP contribution >= 0.6 is 0 Å². The van der Waals surface area contributed by atoms with Crippen LogP contribution in [-0.2, 0) is 0 Å². The first-order valence-corrected chi connectivity index (χ1v) is 5.14. The van der Waals surface area contributed by atoms with Gasteiger partial charge in [-0.15, -0.1) is 5.10 Å². The molecule has 0 amide bonds. The van der Waals surface area contributed by atoms with Gasteiger partial charge in [-0.05, 0) is 18.6 Å². The quantitative estimate of drug-likeness (QED) is 0.580. The van der Waals surface area contributed by atoms with Crippen molar-refractivity contribution in [3.63, 3.8) is 0 Å². The molecule has 0 unspecified atom stereocenters. The van der Waals surface area contributed by atoms with E-state index in [4.69, 9.17) is 0 Å². The van der Waals surface area contributed by atoms with Gasteiger partial charge in [0.25, 0.3) is 0 Å². The summed E-state index contributed by atoms with van der Waals surface area (Å²) in [6.45, 7) is 1.79. The summed E-state index contributed by atoms with van der Waals surface area (Å²) in [5.74, 6) is 0. The van der Waals surface area contributed by atoms with E-state index < -0.39 is 0 Å². The molecule has 0 saturated heterocycles. The second-order valence-corrected chi connectivity index (χ2v) is 3.60. The number of para-hydroxylation sites is 1. The lowest BCUT2D eigenvalue weighted by atomic mass is 10.2. The number of hydrogen-bond donors (Lipinski definition) is 0. The number of fused-ring (bicyclic) bond motifs is 1. The van der Waals surface area contributed by atoms with E-state index in [1.165, 1.54) is 0 Å². The Hall–Kier alpha value is -1.98. The molecule has 0 aliphatic rings. The molecule has 0 radical (unpaired) electrons. The molecule has 16 heavy (non-hydrogen) atoms. The van der Waals surface area contributed by atoms with Crippen molar-refractivity contribution >= 4 is 11.0 Å². The Morgan fingerprint density at radius 2 is 2.25 bits per heavy atom. The fourth-order valence-electron chi connectivity index (χ4n) is 1.71. The SMILES string of the molecule is CC[C@H](C[N+](=O)[O-])n1nnc2ccccc21. The third kappa shape index (κ3) is 1.86. The molecule has 1 heterocycles. The number of benzene rings is 1. The van der Waals surface area contributed by atoms with Gasteiger partial charge in [-0.3, -0.25) is 10.1 Å². The summed E-state index contributed by atoms with van der Waals surface area (Å²) in [6.07, 6.45) is 0.661. The highest BCUT2D eigenvalue weighted by Crippen LogP contribution is 2.17. The molecule has 0 aliphatic carbocycles. The number of nitro groups is 1. The van der Waals surface area contributed by atoms with E-state index in [-0.39, 0.29) is 17.5 Å². The Balaban J connectivity index is 2.41. The Morgan fingerprint density at radius 1 is 1.50 bits per heavy atom. The molecule has 6 nitrogen and oxygen atoms in total. The molecule has 0 saturated carbocycles. The van der Waals surface area contributed by atoms with Crippen LogP contribution in [0, 0.1) is 10.1 Å². The third-order valence-electron chi connectivity index (χ3n) is 2.55. The van der Waals surface area contributed by atoms with Crippen molar-refractivity contribution in [3.05, 3.63) is 34.4 Å². The van der Waals surface area contributed by atoms with Crippen molar-refractivity contribution in [2.45, 2.75) is 19.4 Å². The van der Waals surface area contributed by atoms with E-state index in [9.17, 15) is 10.1 Å². The highest BCUT2D eigenvalue weighted by atomic mass is 16.6. The number of rotatable bonds is 4. The normalized spacial score (nSPS) is 12.8. The van der Waals surface area contributed by atoms with Crippen LogP contribution < -0.4 is 0 Å². The number of hydrogen-bond acceptors (Lipinski definition) is 4. The van der Waals surface area contributed by atoms with Crippen LogP contribution in [0.3, 0.4) is 0 Å². The smallest absolute Gasteiger partial charge is 0.226 e. The van der Waals surface area contributed by atoms with E-state index in [0.717, 1.165) is 11.0 Å². The number of aromatic nitrogens is 3. The first-order chi connectivity index (χ1) is 7.72. The highest BCUT2D eigenvalue weighted by molar-refractivity contribution is 5.73. The van der Waals surface area contributed by atoms with Gasteiger partial charge >= 0.3 is 0 Å². The molecule has 6 heteroatoms. The molecule has 0 N–H and O–H groups in total. The first-order valence-electron chi connectivity index (χ1n) is 5.14. The summed E-state index contributed by atoms with van der Waals surface area (Å²) in [5, 5.41) is 18.5. The van der Waals surface area contributed by atoms with Crippen LogP contribution in [0.2, 0.25) is 0 Å². The lowest BCUT2D eigenvalue weighted by Crippen LogP contribution is -2.19. The zero-order valence-electron chi connectivity index (χ0n) is 8.91. The largest absolute Gasteiger partial charge is 0.264 e. The lowest BCUT2D eigenvalue weighted by molar-refractivity contribution is -0.486. The zero-order chi connectivity index (χ0) is 11.5. The van der Waals surface area contributed by atoms with Gasteiger partial charge in [-0.2, -0.15) is 0 Å². The minimum absolute atomic E-state index is 0.121. The Kier molecular flexibility index (Phi) is 2.80. The average molecular weight is 220 g/mol. The van der Waals surface area contributed by atoms with E-state index >= 15 is 0 Å². The zero-order valence-corrected chi connectivity index (χ0v) is 8.91. The summed E-state index contributed by atoms with van der Waals surface area (Å²) in [5.41, 5.74) is 1.61. The molecule has 0 spiro atoms. The fraction of sp³-hybridized carbons (Fsp3) is 0.400. The fourth-order valence-corrected chi connectivity index (χ4v) is 1.71. The van der Waals surface area contributed by atoms with Gasteiger partial charge in [0.15, 0.2) is 0 Å². The monoisotopic (exact) mass is 220 g/mol. The van der Waals surface area contributed by atoms with Gasteiger partial charge in [-0.25, -0.2) is 4.68 Å². The highest BCUT2D eigenvalue weighted by Gasteiger charge is 2.18. The van der Waals surface area contributed by atoms with Crippen molar-refractivity contribution in [1.82, 2.24) is 15.0 Å². The van der Waals surface area contributed by atoms with Crippen LogP contribution in [0.25, 0.3) is 11.0 Å². The third-order valence-corrected chi connectivity index (χ3v) is 2.55. The van der Waals surface area contributed by atoms with Gasteiger partial charge < -0.3 is 0 Å². The molecule has 2 rings (SSSR count). The number of nitrogens with zero attached hydrogens (tertiary/aromatic N) is 4. The summed E-state index contributed by atoms with van der Waals surface area (Å²) in [6, 6.07) is 7.23. The summed E-state index contributed by atoms with van der Waals surface area (Å²) < 4.78 is 1.64. The van der Waals surface area contributed by atoms with E-state index in [0.29, 0.717) is 6.42 Å². The maximum atomic E-state index is 10.5. The van der Waals surface area contributed by atoms with Crippen molar-refractivity contribution in [1.29, 1.82) is 0 Å². The van der Waals surface area contributed by atoms with Crippen LogP contribution in [0.4, 0.5) is 0 Å². The second kappa shape index (κ2) is 4.26. The Morgan fingerprint density at radius 3 is 2.94 bits per heavy atom. The minimum Gasteiger partial charge on any atom is -0.264 e. The molecule has 0 aliphatic heterocycles. The summed E-state index contributed by atoms with van der Waals surface area (Å²) in [4.78, 5) is 10.2. The maximum Gasteiger partial charge on any atom is 0.226 e. The molecule has 2 aromatic rings. The van der Waals surface area contributed by atoms with Crippen molar-refractivity contribution in [2.75, 3.05) is 6.54 Å². The van der Waals surface area contributed by atoms with Gasteiger partial charge in [0.05, 0.1) is 5.52 Å². The molecular weight excluding hydrogens is 208 g/mol. The van der Waals surface area contributed by atoms with E-state index in [1.807, 2.05) is 31.2 Å². The lowest BCUT2D eigenvalue weighted by Gasteiger charge is -2.10. The molecule has 1 aromatic carbocycles.